The first-order valence-corrected chi connectivity index (χ1v) is 3.85. The molecule has 0 aliphatic rings. The van der Waals surface area contributed by atoms with E-state index in [4.69, 9.17) is 23.1 Å². The van der Waals surface area contributed by atoms with Crippen molar-refractivity contribution in [3.8, 4) is 0 Å². The van der Waals surface area contributed by atoms with Gasteiger partial charge in [-0.3, -0.25) is 4.79 Å². The monoisotopic (exact) mass is 221 g/mol. The molecule has 1 heterocycles. The van der Waals surface area contributed by atoms with Crippen LogP contribution in [0.15, 0.2) is 6.07 Å². The van der Waals surface area contributed by atoms with Crippen LogP contribution >= 0.6 is 11.6 Å². The van der Waals surface area contributed by atoms with Crippen molar-refractivity contribution in [2.45, 2.75) is 6.43 Å². The number of anilines is 2. The Morgan fingerprint density at radius 2 is 2.07 bits per heavy atom. The number of nitrogen functional groups attached to an aromatic ring is 2. The summed E-state index contributed by atoms with van der Waals surface area (Å²) in [5.41, 5.74) is 9.31. The molecule has 1 rings (SSSR count). The fourth-order valence-electron chi connectivity index (χ4n) is 0.934. The summed E-state index contributed by atoms with van der Waals surface area (Å²) in [6.07, 6.45) is -2.83. The first kappa shape index (κ1) is 10.6. The third kappa shape index (κ3) is 1.90. The van der Waals surface area contributed by atoms with E-state index in [9.17, 15) is 13.6 Å². The summed E-state index contributed by atoms with van der Waals surface area (Å²) in [5, 5.41) is -0.899. The molecule has 0 aromatic carbocycles. The molecule has 0 atom stereocenters. The van der Waals surface area contributed by atoms with E-state index in [2.05, 4.69) is 4.98 Å². The third-order valence-corrected chi connectivity index (χ3v) is 1.73. The molecule has 0 saturated carbocycles. The SMILES string of the molecule is Nc1cc(C(=O)Cl)nc(N)c1C(F)F. The normalized spacial score (nSPS) is 10.6. The smallest absolute Gasteiger partial charge is 0.270 e. The van der Waals surface area contributed by atoms with Gasteiger partial charge >= 0.3 is 0 Å². The highest BCUT2D eigenvalue weighted by Gasteiger charge is 2.18. The highest BCUT2D eigenvalue weighted by molar-refractivity contribution is 6.67. The number of carbonyl (C=O) groups is 1. The average molecular weight is 222 g/mol. The van der Waals surface area contributed by atoms with E-state index in [1.807, 2.05) is 0 Å². The summed E-state index contributed by atoms with van der Waals surface area (Å²) >= 11 is 5.08. The molecule has 4 N–H and O–H groups in total. The van der Waals surface area contributed by atoms with Crippen molar-refractivity contribution in [2.75, 3.05) is 11.5 Å². The van der Waals surface area contributed by atoms with Crippen molar-refractivity contribution in [1.82, 2.24) is 4.98 Å². The van der Waals surface area contributed by atoms with Gasteiger partial charge in [-0.15, -0.1) is 0 Å². The molecule has 0 unspecified atom stereocenters. The zero-order chi connectivity index (χ0) is 10.9. The van der Waals surface area contributed by atoms with E-state index < -0.39 is 23.0 Å². The molecule has 4 nitrogen and oxygen atoms in total. The van der Waals surface area contributed by atoms with Crippen molar-refractivity contribution < 1.29 is 13.6 Å². The highest BCUT2D eigenvalue weighted by Crippen LogP contribution is 2.29. The number of halogens is 3. The van der Waals surface area contributed by atoms with E-state index in [0.717, 1.165) is 6.07 Å². The van der Waals surface area contributed by atoms with Gasteiger partial charge in [0.1, 0.15) is 11.5 Å². The minimum absolute atomic E-state index is 0.244. The fraction of sp³-hybridized carbons (Fsp3) is 0.143. The molecule has 0 spiro atoms. The quantitative estimate of drug-likeness (QED) is 0.743. The minimum atomic E-state index is -2.83. The van der Waals surface area contributed by atoms with Crippen molar-refractivity contribution >= 4 is 28.3 Å². The number of rotatable bonds is 2. The van der Waals surface area contributed by atoms with E-state index in [0.29, 0.717) is 0 Å². The summed E-state index contributed by atoms with van der Waals surface area (Å²) in [4.78, 5) is 14.0. The van der Waals surface area contributed by atoms with Crippen LogP contribution in [-0.2, 0) is 0 Å². The van der Waals surface area contributed by atoms with Crippen LogP contribution in [0.25, 0.3) is 0 Å². The molecule has 0 bridgehead atoms. The molecular formula is C7H6ClF2N3O. The Morgan fingerprint density at radius 3 is 2.43 bits per heavy atom. The number of hydrogen-bond acceptors (Lipinski definition) is 4. The van der Waals surface area contributed by atoms with Crippen molar-refractivity contribution in [3.63, 3.8) is 0 Å². The van der Waals surface area contributed by atoms with Crippen LogP contribution < -0.4 is 11.5 Å². The molecule has 0 aliphatic carbocycles. The first-order chi connectivity index (χ1) is 6.43. The van der Waals surface area contributed by atoms with E-state index in [-0.39, 0.29) is 11.4 Å². The summed E-state index contributed by atoms with van der Waals surface area (Å²) in [6.45, 7) is 0. The molecule has 0 radical (unpaired) electrons. The number of carbonyl (C=O) groups excluding carboxylic acids is 1. The Balaban J connectivity index is 3.32. The van der Waals surface area contributed by atoms with Gasteiger partial charge in [0.2, 0.25) is 0 Å². The Labute approximate surface area is 82.9 Å². The zero-order valence-electron chi connectivity index (χ0n) is 6.80. The van der Waals surface area contributed by atoms with Gasteiger partial charge in [0.15, 0.2) is 0 Å². The molecule has 14 heavy (non-hydrogen) atoms. The van der Waals surface area contributed by atoms with Crippen LogP contribution in [0.3, 0.4) is 0 Å². The molecule has 1 aromatic rings. The van der Waals surface area contributed by atoms with Crippen molar-refractivity contribution in [3.05, 3.63) is 17.3 Å². The highest BCUT2D eigenvalue weighted by atomic mass is 35.5. The minimum Gasteiger partial charge on any atom is -0.398 e. The van der Waals surface area contributed by atoms with E-state index in [1.54, 1.807) is 0 Å². The number of aromatic nitrogens is 1. The van der Waals surface area contributed by atoms with Crippen LogP contribution in [0.5, 0.6) is 0 Å². The molecule has 0 fully saturated rings. The molecule has 0 saturated heterocycles. The Bertz CT molecular complexity index is 360. The van der Waals surface area contributed by atoms with Crippen molar-refractivity contribution in [2.24, 2.45) is 0 Å². The number of alkyl halides is 2. The van der Waals surface area contributed by atoms with Crippen LogP contribution in [0.4, 0.5) is 20.3 Å². The number of pyridine rings is 1. The van der Waals surface area contributed by atoms with Crippen LogP contribution in [-0.4, -0.2) is 10.2 Å². The maximum absolute atomic E-state index is 12.3. The van der Waals surface area contributed by atoms with Gasteiger partial charge in [-0.05, 0) is 17.7 Å². The lowest BCUT2D eigenvalue weighted by Gasteiger charge is -2.07. The summed E-state index contributed by atoms with van der Waals surface area (Å²) in [5.74, 6) is -0.482. The largest absolute Gasteiger partial charge is 0.398 e. The standard InChI is InChI=1S/C7H6ClF2N3O/c8-5(14)3-1-2(11)4(6(9)10)7(12)13-3/h1,6H,(H4,11,12,13). The molecule has 76 valence electrons. The first-order valence-electron chi connectivity index (χ1n) is 3.47. The second kappa shape index (κ2) is 3.75. The van der Waals surface area contributed by atoms with Gasteiger partial charge in [0.25, 0.3) is 11.7 Å². The topological polar surface area (TPSA) is 82.0 Å². The lowest BCUT2D eigenvalue weighted by atomic mass is 10.2. The fourth-order valence-corrected chi connectivity index (χ4v) is 1.03. The number of nitrogens with zero attached hydrogens (tertiary/aromatic N) is 1. The van der Waals surface area contributed by atoms with Gasteiger partial charge < -0.3 is 11.5 Å². The maximum atomic E-state index is 12.3. The van der Waals surface area contributed by atoms with Crippen LogP contribution in [0, 0.1) is 0 Å². The van der Waals surface area contributed by atoms with Crippen LogP contribution in [0.2, 0.25) is 0 Å². The lowest BCUT2D eigenvalue weighted by molar-refractivity contribution is 0.107. The average Bonchev–Trinajstić information content (AvgIpc) is 2.01. The molecular weight excluding hydrogens is 216 g/mol. The summed E-state index contributed by atoms with van der Waals surface area (Å²) < 4.78 is 24.6. The van der Waals surface area contributed by atoms with Gasteiger partial charge in [0, 0.05) is 5.69 Å². The summed E-state index contributed by atoms with van der Waals surface area (Å²) in [7, 11) is 0. The maximum Gasteiger partial charge on any atom is 0.270 e. The molecule has 0 amide bonds. The van der Waals surface area contributed by atoms with Gasteiger partial charge in [-0.25, -0.2) is 13.8 Å². The lowest BCUT2D eigenvalue weighted by Crippen LogP contribution is -2.07. The molecule has 7 heteroatoms. The Kier molecular flexibility index (Phi) is 2.85. The third-order valence-electron chi connectivity index (χ3n) is 1.54. The van der Waals surface area contributed by atoms with E-state index >= 15 is 0 Å². The number of hydrogen-bond donors (Lipinski definition) is 2. The molecule has 0 aliphatic heterocycles. The van der Waals surface area contributed by atoms with Gasteiger partial charge in [-0.2, -0.15) is 0 Å². The van der Waals surface area contributed by atoms with Crippen molar-refractivity contribution in [1.29, 1.82) is 0 Å². The second-order valence-electron chi connectivity index (χ2n) is 2.47. The predicted molar refractivity (Wildman–Crippen MR) is 48.2 cm³/mol. The predicted octanol–water partition coefficient (Wildman–Crippen LogP) is 1.56. The van der Waals surface area contributed by atoms with Gasteiger partial charge in [-0.1, -0.05) is 0 Å². The Hall–Kier alpha value is -1.43. The second-order valence-corrected chi connectivity index (χ2v) is 2.81. The van der Waals surface area contributed by atoms with Crippen LogP contribution in [0.1, 0.15) is 22.5 Å². The number of nitrogens with two attached hydrogens (primary N) is 2. The summed E-state index contributed by atoms with van der Waals surface area (Å²) in [6, 6.07) is 0.965. The zero-order valence-corrected chi connectivity index (χ0v) is 7.55. The molecule has 1 aromatic heterocycles. The van der Waals surface area contributed by atoms with E-state index in [1.165, 1.54) is 0 Å². The Morgan fingerprint density at radius 1 is 1.50 bits per heavy atom. The van der Waals surface area contributed by atoms with Gasteiger partial charge in [0.05, 0.1) is 5.56 Å².